The lowest BCUT2D eigenvalue weighted by molar-refractivity contribution is 0.223. The lowest BCUT2D eigenvalue weighted by atomic mass is 10.0. The van der Waals surface area contributed by atoms with E-state index in [1.165, 1.54) is 0 Å². The van der Waals surface area contributed by atoms with Gasteiger partial charge in [-0.1, -0.05) is 25.1 Å². The monoisotopic (exact) mass is 317 g/mol. The second kappa shape index (κ2) is 6.79. The van der Waals surface area contributed by atoms with Crippen LogP contribution < -0.4 is 15.4 Å². The number of rotatable bonds is 4. The minimum absolute atomic E-state index is 0.000110. The first-order valence-corrected chi connectivity index (χ1v) is 8.27. The van der Waals surface area contributed by atoms with Gasteiger partial charge in [0.25, 0.3) is 0 Å². The van der Waals surface area contributed by atoms with E-state index in [1.807, 2.05) is 29.6 Å². The fraction of sp³-hybridized carbons (Fsp3) is 0.375. The molecule has 2 amide bonds. The highest BCUT2D eigenvalue weighted by molar-refractivity contribution is 7.09. The summed E-state index contributed by atoms with van der Waals surface area (Å²) in [6, 6.07) is 7.69. The number of carbonyl (C=O) groups excluding carboxylic acids is 1. The van der Waals surface area contributed by atoms with Crippen LogP contribution >= 0.6 is 11.3 Å². The number of carbonyl (C=O) groups is 1. The van der Waals surface area contributed by atoms with Crippen molar-refractivity contribution >= 4 is 17.4 Å². The van der Waals surface area contributed by atoms with Crippen LogP contribution in [0.15, 0.2) is 35.8 Å². The first-order valence-electron chi connectivity index (χ1n) is 7.39. The molecule has 1 aliphatic rings. The SMILES string of the molecule is C[C@H](CNC(=O)N[C@H]1CCOc2ccccc21)c1nccs1. The van der Waals surface area contributed by atoms with Crippen molar-refractivity contribution in [3.8, 4) is 5.75 Å². The molecule has 0 radical (unpaired) electrons. The Kier molecular flexibility index (Phi) is 4.58. The Morgan fingerprint density at radius 2 is 2.36 bits per heavy atom. The van der Waals surface area contributed by atoms with Crippen LogP contribution in [0.5, 0.6) is 5.75 Å². The number of hydrogen-bond acceptors (Lipinski definition) is 4. The largest absolute Gasteiger partial charge is 0.493 e. The van der Waals surface area contributed by atoms with Gasteiger partial charge >= 0.3 is 6.03 Å². The molecule has 0 fully saturated rings. The first-order chi connectivity index (χ1) is 10.7. The Labute approximate surface area is 133 Å². The molecule has 0 saturated carbocycles. The second-order valence-electron chi connectivity index (χ2n) is 5.35. The number of urea groups is 1. The zero-order valence-corrected chi connectivity index (χ0v) is 13.2. The molecule has 0 saturated heterocycles. The average molecular weight is 317 g/mol. The standard InChI is InChI=1S/C16H19N3O2S/c1-11(15-17-7-9-22-15)10-18-16(20)19-13-6-8-21-14-5-3-2-4-12(13)14/h2-5,7,9,11,13H,6,8,10H2,1H3,(H2,18,19,20)/t11-,13+/m1/s1. The molecule has 0 aliphatic carbocycles. The smallest absolute Gasteiger partial charge is 0.315 e. The molecule has 6 heteroatoms. The highest BCUT2D eigenvalue weighted by Crippen LogP contribution is 2.31. The van der Waals surface area contributed by atoms with Crippen LogP contribution in [0.4, 0.5) is 4.79 Å². The van der Waals surface area contributed by atoms with Gasteiger partial charge in [0.1, 0.15) is 5.75 Å². The van der Waals surface area contributed by atoms with E-state index < -0.39 is 0 Å². The Balaban J connectivity index is 1.54. The van der Waals surface area contributed by atoms with Crippen LogP contribution in [-0.4, -0.2) is 24.2 Å². The van der Waals surface area contributed by atoms with Crippen molar-refractivity contribution in [2.75, 3.05) is 13.2 Å². The van der Waals surface area contributed by atoms with Crippen molar-refractivity contribution in [3.63, 3.8) is 0 Å². The van der Waals surface area contributed by atoms with Crippen molar-refractivity contribution < 1.29 is 9.53 Å². The summed E-state index contributed by atoms with van der Waals surface area (Å²) < 4.78 is 5.60. The number of benzene rings is 1. The fourth-order valence-corrected chi connectivity index (χ4v) is 3.21. The molecule has 0 unspecified atom stereocenters. The van der Waals surface area contributed by atoms with Crippen molar-refractivity contribution in [3.05, 3.63) is 46.4 Å². The molecule has 2 heterocycles. The maximum atomic E-state index is 12.1. The molecule has 5 nitrogen and oxygen atoms in total. The fourth-order valence-electron chi connectivity index (χ4n) is 2.51. The second-order valence-corrected chi connectivity index (χ2v) is 6.28. The Bertz CT molecular complexity index is 630. The van der Waals surface area contributed by atoms with E-state index in [-0.39, 0.29) is 18.0 Å². The molecular formula is C16H19N3O2S. The predicted octanol–water partition coefficient (Wildman–Crippen LogP) is 3.07. The molecule has 2 atom stereocenters. The van der Waals surface area contributed by atoms with Crippen LogP contribution in [-0.2, 0) is 0 Å². The van der Waals surface area contributed by atoms with Crippen LogP contribution in [0, 0.1) is 0 Å². The third-order valence-corrected chi connectivity index (χ3v) is 4.71. The number of nitrogens with one attached hydrogen (secondary N) is 2. The minimum atomic E-state index is -0.148. The van der Waals surface area contributed by atoms with Crippen molar-refractivity contribution in [1.29, 1.82) is 0 Å². The summed E-state index contributed by atoms with van der Waals surface area (Å²) in [5.74, 6) is 1.07. The van der Waals surface area contributed by atoms with E-state index in [2.05, 4.69) is 22.5 Å². The third kappa shape index (κ3) is 3.39. The molecular weight excluding hydrogens is 298 g/mol. The van der Waals surface area contributed by atoms with E-state index in [0.717, 1.165) is 22.7 Å². The van der Waals surface area contributed by atoms with Gasteiger partial charge in [-0.25, -0.2) is 9.78 Å². The lowest BCUT2D eigenvalue weighted by Gasteiger charge is -2.26. The summed E-state index contributed by atoms with van der Waals surface area (Å²) in [4.78, 5) is 16.4. The van der Waals surface area contributed by atoms with Gasteiger partial charge in [-0.2, -0.15) is 0 Å². The Morgan fingerprint density at radius 1 is 1.50 bits per heavy atom. The number of thiazole rings is 1. The maximum Gasteiger partial charge on any atom is 0.315 e. The van der Waals surface area contributed by atoms with E-state index in [4.69, 9.17) is 4.74 Å². The van der Waals surface area contributed by atoms with Crippen LogP contribution in [0.1, 0.15) is 35.9 Å². The molecule has 2 aromatic rings. The molecule has 1 aliphatic heterocycles. The Morgan fingerprint density at radius 3 is 3.18 bits per heavy atom. The number of aromatic nitrogens is 1. The maximum absolute atomic E-state index is 12.1. The summed E-state index contributed by atoms with van der Waals surface area (Å²) in [5.41, 5.74) is 1.04. The lowest BCUT2D eigenvalue weighted by Crippen LogP contribution is -2.40. The predicted molar refractivity (Wildman–Crippen MR) is 86.4 cm³/mol. The number of fused-ring (bicyclic) bond motifs is 1. The van der Waals surface area contributed by atoms with Gasteiger partial charge in [-0.3, -0.25) is 0 Å². The number of ether oxygens (including phenoxy) is 1. The summed E-state index contributed by atoms with van der Waals surface area (Å²) in [7, 11) is 0. The number of amides is 2. The van der Waals surface area contributed by atoms with E-state index in [1.54, 1.807) is 17.5 Å². The van der Waals surface area contributed by atoms with E-state index in [0.29, 0.717) is 13.2 Å². The zero-order chi connectivity index (χ0) is 15.4. The summed E-state index contributed by atoms with van der Waals surface area (Å²) >= 11 is 1.61. The molecule has 22 heavy (non-hydrogen) atoms. The van der Waals surface area contributed by atoms with Gasteiger partial charge in [-0.05, 0) is 6.07 Å². The summed E-state index contributed by atoms with van der Waals surface area (Å²) in [6.45, 7) is 3.25. The molecule has 1 aromatic carbocycles. The van der Waals surface area contributed by atoms with Gasteiger partial charge in [0.2, 0.25) is 0 Å². The van der Waals surface area contributed by atoms with Crippen LogP contribution in [0.25, 0.3) is 0 Å². The molecule has 1 aromatic heterocycles. The highest BCUT2D eigenvalue weighted by atomic mass is 32.1. The van der Waals surface area contributed by atoms with Crippen LogP contribution in [0.2, 0.25) is 0 Å². The van der Waals surface area contributed by atoms with Crippen molar-refractivity contribution in [2.45, 2.75) is 25.3 Å². The highest BCUT2D eigenvalue weighted by Gasteiger charge is 2.22. The van der Waals surface area contributed by atoms with Crippen LogP contribution in [0.3, 0.4) is 0 Å². The quantitative estimate of drug-likeness (QED) is 0.911. The summed E-state index contributed by atoms with van der Waals surface area (Å²) in [6.07, 6.45) is 2.57. The van der Waals surface area contributed by atoms with E-state index >= 15 is 0 Å². The molecule has 116 valence electrons. The molecule has 3 rings (SSSR count). The van der Waals surface area contributed by atoms with E-state index in [9.17, 15) is 4.79 Å². The van der Waals surface area contributed by atoms with Crippen molar-refractivity contribution in [2.24, 2.45) is 0 Å². The van der Waals surface area contributed by atoms with Gasteiger partial charge in [0, 0.05) is 36.0 Å². The number of nitrogens with zero attached hydrogens (tertiary/aromatic N) is 1. The topological polar surface area (TPSA) is 63.2 Å². The minimum Gasteiger partial charge on any atom is -0.493 e. The van der Waals surface area contributed by atoms with Gasteiger partial charge in [0.05, 0.1) is 17.7 Å². The van der Waals surface area contributed by atoms with Gasteiger partial charge in [0.15, 0.2) is 0 Å². The molecule has 0 bridgehead atoms. The van der Waals surface area contributed by atoms with Crippen molar-refractivity contribution in [1.82, 2.24) is 15.6 Å². The zero-order valence-electron chi connectivity index (χ0n) is 12.4. The normalized spacial score (nSPS) is 18.0. The number of para-hydroxylation sites is 1. The summed E-state index contributed by atoms with van der Waals surface area (Å²) in [5, 5.41) is 8.94. The average Bonchev–Trinajstić information content (AvgIpc) is 3.07. The third-order valence-electron chi connectivity index (χ3n) is 3.71. The first kappa shape index (κ1) is 14.8. The van der Waals surface area contributed by atoms with Gasteiger partial charge in [-0.15, -0.1) is 11.3 Å². The number of hydrogen-bond donors (Lipinski definition) is 2. The molecule has 2 N–H and O–H groups in total. The Hall–Kier alpha value is -2.08. The van der Waals surface area contributed by atoms with Gasteiger partial charge < -0.3 is 15.4 Å². The molecule has 0 spiro atoms.